The van der Waals surface area contributed by atoms with E-state index in [0.29, 0.717) is 5.56 Å². The van der Waals surface area contributed by atoms with Crippen molar-refractivity contribution in [3.05, 3.63) is 35.4 Å². The van der Waals surface area contributed by atoms with Crippen molar-refractivity contribution in [1.82, 2.24) is 0 Å². The molecule has 72 valence electrons. The molecule has 1 aliphatic rings. The van der Waals surface area contributed by atoms with Crippen molar-refractivity contribution in [1.29, 1.82) is 0 Å². The van der Waals surface area contributed by atoms with E-state index < -0.39 is 5.41 Å². The molecule has 1 aliphatic carbocycles. The standard InChI is InChI=1S/C11H11NO2/c1-11(2)8-6-4-3-5-7(8)9(13)10(11)12-14/h3-6,14H,1-2H3. The topological polar surface area (TPSA) is 49.7 Å². The number of benzene rings is 1. The van der Waals surface area contributed by atoms with Crippen LogP contribution in [-0.2, 0) is 5.41 Å². The number of hydrogen-bond donors (Lipinski definition) is 1. The van der Waals surface area contributed by atoms with Gasteiger partial charge in [0.2, 0.25) is 5.78 Å². The van der Waals surface area contributed by atoms with Crippen molar-refractivity contribution >= 4 is 11.5 Å². The Balaban J connectivity index is 2.74. The monoisotopic (exact) mass is 189 g/mol. The number of carbonyl (C=O) groups is 1. The van der Waals surface area contributed by atoms with Gasteiger partial charge in [-0.15, -0.1) is 0 Å². The van der Waals surface area contributed by atoms with E-state index in [4.69, 9.17) is 5.21 Å². The minimum Gasteiger partial charge on any atom is -0.411 e. The molecule has 0 saturated heterocycles. The molecule has 0 bridgehead atoms. The largest absolute Gasteiger partial charge is 0.411 e. The maximum Gasteiger partial charge on any atom is 0.211 e. The van der Waals surface area contributed by atoms with E-state index in [-0.39, 0.29) is 11.5 Å². The van der Waals surface area contributed by atoms with Crippen LogP contribution in [0, 0.1) is 0 Å². The Morgan fingerprint density at radius 2 is 1.93 bits per heavy atom. The van der Waals surface area contributed by atoms with E-state index in [1.165, 1.54) is 0 Å². The van der Waals surface area contributed by atoms with Crippen LogP contribution in [0.5, 0.6) is 0 Å². The third-order valence-electron chi connectivity index (χ3n) is 2.75. The molecule has 0 heterocycles. The summed E-state index contributed by atoms with van der Waals surface area (Å²) in [5, 5.41) is 11.9. The quantitative estimate of drug-likeness (QED) is 0.501. The Hall–Kier alpha value is -1.64. The molecule has 14 heavy (non-hydrogen) atoms. The van der Waals surface area contributed by atoms with Crippen LogP contribution < -0.4 is 0 Å². The Kier molecular flexibility index (Phi) is 1.71. The fraction of sp³-hybridized carbons (Fsp3) is 0.273. The second-order valence-electron chi connectivity index (χ2n) is 3.95. The molecule has 0 amide bonds. The van der Waals surface area contributed by atoms with Crippen LogP contribution in [0.3, 0.4) is 0 Å². The molecule has 0 saturated carbocycles. The SMILES string of the molecule is CC1(C)C(=NO)C(=O)c2ccccc21. The molecule has 0 spiro atoms. The zero-order valence-electron chi connectivity index (χ0n) is 8.11. The molecule has 0 atom stereocenters. The molecule has 3 nitrogen and oxygen atoms in total. The van der Waals surface area contributed by atoms with Crippen LogP contribution in [0.1, 0.15) is 29.8 Å². The minimum atomic E-state index is -0.484. The molecule has 2 rings (SSSR count). The number of rotatable bonds is 0. The highest BCUT2D eigenvalue weighted by molar-refractivity contribution is 6.52. The van der Waals surface area contributed by atoms with Gasteiger partial charge in [0.15, 0.2) is 0 Å². The average molecular weight is 189 g/mol. The summed E-state index contributed by atoms with van der Waals surface area (Å²) in [6.45, 7) is 3.76. The van der Waals surface area contributed by atoms with E-state index >= 15 is 0 Å². The third kappa shape index (κ3) is 0.923. The lowest BCUT2D eigenvalue weighted by Crippen LogP contribution is -2.27. The van der Waals surface area contributed by atoms with Gasteiger partial charge >= 0.3 is 0 Å². The average Bonchev–Trinajstić information content (AvgIpc) is 2.36. The van der Waals surface area contributed by atoms with Crippen LogP contribution in [0.4, 0.5) is 0 Å². The van der Waals surface area contributed by atoms with Gasteiger partial charge in [-0.2, -0.15) is 0 Å². The summed E-state index contributed by atoms with van der Waals surface area (Å²) in [5.41, 5.74) is 1.31. The van der Waals surface area contributed by atoms with Gasteiger partial charge in [0.05, 0.1) is 0 Å². The first-order chi connectivity index (χ1) is 6.59. The van der Waals surface area contributed by atoms with Crippen molar-refractivity contribution in [2.45, 2.75) is 19.3 Å². The van der Waals surface area contributed by atoms with Crippen LogP contribution in [-0.4, -0.2) is 16.7 Å². The number of carbonyl (C=O) groups excluding carboxylic acids is 1. The maximum atomic E-state index is 11.8. The van der Waals surface area contributed by atoms with Crippen LogP contribution in [0.2, 0.25) is 0 Å². The first kappa shape index (κ1) is 8.94. The lowest BCUT2D eigenvalue weighted by Gasteiger charge is -2.17. The van der Waals surface area contributed by atoms with Gasteiger partial charge in [-0.05, 0) is 19.4 Å². The number of oxime groups is 1. The molecule has 0 fully saturated rings. The van der Waals surface area contributed by atoms with E-state index in [1.807, 2.05) is 32.0 Å². The number of fused-ring (bicyclic) bond motifs is 1. The van der Waals surface area contributed by atoms with Crippen molar-refractivity contribution in [2.75, 3.05) is 0 Å². The number of ketones is 1. The smallest absolute Gasteiger partial charge is 0.211 e. The van der Waals surface area contributed by atoms with Crippen LogP contribution >= 0.6 is 0 Å². The summed E-state index contributed by atoms with van der Waals surface area (Å²) in [4.78, 5) is 11.8. The fourth-order valence-corrected chi connectivity index (χ4v) is 1.94. The maximum absolute atomic E-state index is 11.8. The van der Waals surface area contributed by atoms with Crippen molar-refractivity contribution in [3.63, 3.8) is 0 Å². The van der Waals surface area contributed by atoms with Gasteiger partial charge in [0.1, 0.15) is 5.71 Å². The molecule has 0 radical (unpaired) electrons. The van der Waals surface area contributed by atoms with Gasteiger partial charge in [-0.25, -0.2) is 0 Å². The summed E-state index contributed by atoms with van der Waals surface area (Å²) >= 11 is 0. The number of hydrogen-bond acceptors (Lipinski definition) is 3. The molecule has 0 aliphatic heterocycles. The number of nitrogens with zero attached hydrogens (tertiary/aromatic N) is 1. The lowest BCUT2D eigenvalue weighted by atomic mass is 9.85. The summed E-state index contributed by atoms with van der Waals surface area (Å²) in [7, 11) is 0. The van der Waals surface area contributed by atoms with E-state index in [0.717, 1.165) is 5.56 Å². The summed E-state index contributed by atoms with van der Waals surface area (Å²) in [5.74, 6) is -0.173. The molecule has 0 aromatic heterocycles. The second-order valence-corrected chi connectivity index (χ2v) is 3.95. The normalized spacial score (nSPS) is 21.3. The predicted molar refractivity (Wildman–Crippen MR) is 53.0 cm³/mol. The molecule has 1 aromatic rings. The molecular weight excluding hydrogens is 178 g/mol. The zero-order chi connectivity index (χ0) is 10.3. The molecule has 3 heteroatoms. The Morgan fingerprint density at radius 3 is 2.50 bits per heavy atom. The Bertz CT molecular complexity index is 433. The molecule has 1 N–H and O–H groups in total. The highest BCUT2D eigenvalue weighted by atomic mass is 16.4. The lowest BCUT2D eigenvalue weighted by molar-refractivity contribution is 0.106. The van der Waals surface area contributed by atoms with E-state index in [9.17, 15) is 4.79 Å². The number of Topliss-reactive ketones (excluding diaryl/α,β-unsaturated/α-hetero) is 1. The minimum absolute atomic E-state index is 0.173. The summed E-state index contributed by atoms with van der Waals surface area (Å²) in [6, 6.07) is 7.35. The highest BCUT2D eigenvalue weighted by Gasteiger charge is 2.42. The Labute approximate surface area is 82.1 Å². The van der Waals surface area contributed by atoms with Gasteiger partial charge in [0, 0.05) is 11.0 Å². The third-order valence-corrected chi connectivity index (χ3v) is 2.75. The van der Waals surface area contributed by atoms with Gasteiger partial charge in [0.25, 0.3) is 0 Å². The van der Waals surface area contributed by atoms with Gasteiger partial charge in [-0.3, -0.25) is 4.79 Å². The summed E-state index contributed by atoms with van der Waals surface area (Å²) in [6.07, 6.45) is 0. The summed E-state index contributed by atoms with van der Waals surface area (Å²) < 4.78 is 0. The second kappa shape index (κ2) is 2.67. The van der Waals surface area contributed by atoms with Crippen molar-refractivity contribution in [3.8, 4) is 0 Å². The van der Waals surface area contributed by atoms with Crippen molar-refractivity contribution < 1.29 is 10.0 Å². The van der Waals surface area contributed by atoms with Crippen LogP contribution in [0.25, 0.3) is 0 Å². The van der Waals surface area contributed by atoms with Crippen molar-refractivity contribution in [2.24, 2.45) is 5.16 Å². The highest BCUT2D eigenvalue weighted by Crippen LogP contribution is 2.35. The van der Waals surface area contributed by atoms with Gasteiger partial charge < -0.3 is 5.21 Å². The fourth-order valence-electron chi connectivity index (χ4n) is 1.94. The van der Waals surface area contributed by atoms with E-state index in [1.54, 1.807) is 6.07 Å². The molecular formula is C11H11NO2. The van der Waals surface area contributed by atoms with Crippen LogP contribution in [0.15, 0.2) is 29.4 Å². The predicted octanol–water partition coefficient (Wildman–Crippen LogP) is 1.99. The first-order valence-corrected chi connectivity index (χ1v) is 4.46. The first-order valence-electron chi connectivity index (χ1n) is 4.46. The zero-order valence-corrected chi connectivity index (χ0v) is 8.11. The molecule has 1 aromatic carbocycles. The van der Waals surface area contributed by atoms with Gasteiger partial charge in [-0.1, -0.05) is 29.4 Å². The Morgan fingerprint density at radius 1 is 1.29 bits per heavy atom. The van der Waals surface area contributed by atoms with E-state index in [2.05, 4.69) is 5.16 Å². The molecule has 0 unspecified atom stereocenters.